The number of nitrogens with one attached hydrogen (secondary N) is 1. The first-order chi connectivity index (χ1) is 11.1. The molecule has 2 aromatic rings. The van der Waals surface area contributed by atoms with Gasteiger partial charge in [-0.05, 0) is 38.7 Å². The zero-order chi connectivity index (χ0) is 16.0. The average molecular weight is 309 g/mol. The van der Waals surface area contributed by atoms with Crippen LogP contribution in [-0.4, -0.2) is 27.0 Å². The average Bonchev–Trinajstić information content (AvgIpc) is 2.78. The van der Waals surface area contributed by atoms with Crippen LogP contribution >= 0.6 is 0 Å². The number of hydrogen-bond acceptors (Lipinski definition) is 3. The highest BCUT2D eigenvalue weighted by Crippen LogP contribution is 2.33. The van der Waals surface area contributed by atoms with Crippen molar-refractivity contribution < 1.29 is 0 Å². The molecule has 0 radical (unpaired) electrons. The number of rotatable bonds is 2. The number of nitrogens with zero attached hydrogens (tertiary/aromatic N) is 2. The van der Waals surface area contributed by atoms with E-state index < -0.39 is 0 Å². The molecule has 3 heterocycles. The fourth-order valence-electron chi connectivity index (χ4n) is 4.12. The van der Waals surface area contributed by atoms with Crippen molar-refractivity contribution in [3.63, 3.8) is 0 Å². The molecule has 1 N–H and O–H groups in total. The summed E-state index contributed by atoms with van der Waals surface area (Å²) in [6.45, 7) is 4.96. The van der Waals surface area contributed by atoms with E-state index in [1.54, 1.807) is 0 Å². The van der Waals surface area contributed by atoms with Crippen LogP contribution in [0.1, 0.15) is 41.1 Å². The molecule has 4 rings (SSSR count). The minimum atomic E-state index is 0.0651. The van der Waals surface area contributed by atoms with Crippen LogP contribution in [-0.2, 0) is 19.4 Å². The van der Waals surface area contributed by atoms with Crippen LogP contribution in [0.2, 0.25) is 0 Å². The minimum absolute atomic E-state index is 0.0651. The van der Waals surface area contributed by atoms with Gasteiger partial charge in [0.15, 0.2) is 0 Å². The van der Waals surface area contributed by atoms with Gasteiger partial charge in [0.25, 0.3) is 5.56 Å². The summed E-state index contributed by atoms with van der Waals surface area (Å²) < 4.78 is 0. The van der Waals surface area contributed by atoms with Crippen LogP contribution in [0.5, 0.6) is 0 Å². The Bertz CT molecular complexity index is 778. The Hall–Kier alpha value is -1.94. The van der Waals surface area contributed by atoms with E-state index in [0.717, 1.165) is 36.5 Å². The smallest absolute Gasteiger partial charge is 0.254 e. The van der Waals surface area contributed by atoms with Crippen LogP contribution in [0.15, 0.2) is 29.1 Å². The summed E-state index contributed by atoms with van der Waals surface area (Å²) in [5.41, 5.74) is 4.65. The summed E-state index contributed by atoms with van der Waals surface area (Å²) in [5.74, 6) is 0.733. The Balaban J connectivity index is 1.64. The molecule has 4 nitrogen and oxygen atoms in total. The van der Waals surface area contributed by atoms with Crippen molar-refractivity contribution in [1.82, 2.24) is 14.9 Å². The lowest BCUT2D eigenvalue weighted by molar-refractivity contribution is 0.187. The molecule has 1 aromatic heterocycles. The molecule has 2 aliphatic rings. The Morgan fingerprint density at radius 1 is 1.13 bits per heavy atom. The molecule has 1 aromatic carbocycles. The third-order valence-corrected chi connectivity index (χ3v) is 5.35. The first kappa shape index (κ1) is 14.6. The maximum atomic E-state index is 12.3. The van der Waals surface area contributed by atoms with Crippen LogP contribution in [0.3, 0.4) is 0 Å². The normalized spacial score (nSPS) is 23.6. The standard InChI is InChI=1S/C19H23N3O/c1-12-3-5-14(6-4-12)11-22-15-7-8-16(22)10-18-17(9-15)19(23)21-13(2)20-18/h3-6,15-16H,7-11H2,1-2H3,(H,20,21,23). The van der Waals surface area contributed by atoms with Crippen molar-refractivity contribution in [3.8, 4) is 0 Å². The third kappa shape index (κ3) is 2.72. The van der Waals surface area contributed by atoms with E-state index in [1.807, 2.05) is 6.92 Å². The number of benzene rings is 1. The summed E-state index contributed by atoms with van der Waals surface area (Å²) in [6, 6.07) is 9.78. The van der Waals surface area contributed by atoms with E-state index >= 15 is 0 Å². The second-order valence-corrected chi connectivity index (χ2v) is 7.03. The number of aryl methyl sites for hydroxylation is 2. The van der Waals surface area contributed by atoms with Gasteiger partial charge in [-0.25, -0.2) is 4.98 Å². The molecule has 2 aliphatic heterocycles. The second kappa shape index (κ2) is 5.60. The molecule has 2 atom stereocenters. The van der Waals surface area contributed by atoms with Gasteiger partial charge in [0.2, 0.25) is 0 Å². The topological polar surface area (TPSA) is 49.0 Å². The second-order valence-electron chi connectivity index (χ2n) is 7.03. The van der Waals surface area contributed by atoms with Crippen LogP contribution in [0.25, 0.3) is 0 Å². The fraction of sp³-hybridized carbons (Fsp3) is 0.474. The van der Waals surface area contributed by atoms with Gasteiger partial charge in [-0.3, -0.25) is 9.69 Å². The molecule has 2 unspecified atom stereocenters. The third-order valence-electron chi connectivity index (χ3n) is 5.35. The molecule has 0 spiro atoms. The molecule has 0 amide bonds. The lowest BCUT2D eigenvalue weighted by Crippen LogP contribution is -2.36. The number of aromatic amines is 1. The van der Waals surface area contributed by atoms with E-state index in [-0.39, 0.29) is 5.56 Å². The van der Waals surface area contributed by atoms with E-state index in [9.17, 15) is 4.79 Å². The van der Waals surface area contributed by atoms with Crippen molar-refractivity contribution >= 4 is 0 Å². The highest BCUT2D eigenvalue weighted by molar-refractivity contribution is 5.26. The van der Waals surface area contributed by atoms with Crippen molar-refractivity contribution in [2.75, 3.05) is 0 Å². The van der Waals surface area contributed by atoms with E-state index in [1.165, 1.54) is 24.0 Å². The first-order valence-corrected chi connectivity index (χ1v) is 8.50. The zero-order valence-corrected chi connectivity index (χ0v) is 13.8. The number of fused-ring (bicyclic) bond motifs is 3. The van der Waals surface area contributed by atoms with Gasteiger partial charge in [-0.2, -0.15) is 0 Å². The van der Waals surface area contributed by atoms with Crippen LogP contribution in [0.4, 0.5) is 0 Å². The maximum Gasteiger partial charge on any atom is 0.254 e. The largest absolute Gasteiger partial charge is 0.311 e. The molecule has 1 fully saturated rings. The van der Waals surface area contributed by atoms with Gasteiger partial charge < -0.3 is 4.98 Å². The van der Waals surface area contributed by atoms with Crippen LogP contribution < -0.4 is 5.56 Å². The SMILES string of the molecule is Cc1ccc(CN2C3CCC2Cc2c(nc(C)[nH]c2=O)C3)cc1. The monoisotopic (exact) mass is 309 g/mol. The molecule has 1 saturated heterocycles. The minimum Gasteiger partial charge on any atom is -0.311 e. The van der Waals surface area contributed by atoms with Crippen molar-refractivity contribution in [1.29, 1.82) is 0 Å². The Morgan fingerprint density at radius 2 is 1.83 bits per heavy atom. The molecule has 0 saturated carbocycles. The summed E-state index contributed by atoms with van der Waals surface area (Å²) >= 11 is 0. The Labute approximate surface area is 136 Å². The summed E-state index contributed by atoms with van der Waals surface area (Å²) in [7, 11) is 0. The van der Waals surface area contributed by atoms with Gasteiger partial charge in [0, 0.05) is 30.6 Å². The predicted octanol–water partition coefficient (Wildman–Crippen LogP) is 2.52. The molecule has 120 valence electrons. The summed E-state index contributed by atoms with van der Waals surface area (Å²) in [4.78, 5) is 22.4. The quantitative estimate of drug-likeness (QED) is 0.927. The molecule has 4 heteroatoms. The molecule has 23 heavy (non-hydrogen) atoms. The molecular formula is C19H23N3O. The lowest BCUT2D eigenvalue weighted by Gasteiger charge is -2.27. The summed E-state index contributed by atoms with van der Waals surface area (Å²) in [5, 5.41) is 0. The van der Waals surface area contributed by atoms with Gasteiger partial charge >= 0.3 is 0 Å². The zero-order valence-electron chi connectivity index (χ0n) is 13.8. The van der Waals surface area contributed by atoms with Gasteiger partial charge in [0.05, 0.1) is 5.69 Å². The van der Waals surface area contributed by atoms with Gasteiger partial charge in [0.1, 0.15) is 5.82 Å². The highest BCUT2D eigenvalue weighted by atomic mass is 16.1. The van der Waals surface area contributed by atoms with Gasteiger partial charge in [-0.15, -0.1) is 0 Å². The van der Waals surface area contributed by atoms with E-state index in [0.29, 0.717) is 12.1 Å². The molecule has 0 aliphatic carbocycles. The molecular weight excluding hydrogens is 286 g/mol. The van der Waals surface area contributed by atoms with E-state index in [2.05, 4.69) is 46.1 Å². The van der Waals surface area contributed by atoms with Crippen molar-refractivity contribution in [3.05, 3.63) is 62.8 Å². The van der Waals surface area contributed by atoms with Crippen molar-refractivity contribution in [2.45, 2.75) is 58.2 Å². The van der Waals surface area contributed by atoms with Gasteiger partial charge in [-0.1, -0.05) is 29.8 Å². The fourth-order valence-corrected chi connectivity index (χ4v) is 4.12. The number of hydrogen-bond donors (Lipinski definition) is 1. The predicted molar refractivity (Wildman–Crippen MR) is 90.5 cm³/mol. The van der Waals surface area contributed by atoms with Crippen molar-refractivity contribution in [2.24, 2.45) is 0 Å². The summed E-state index contributed by atoms with van der Waals surface area (Å²) in [6.07, 6.45) is 4.13. The maximum absolute atomic E-state index is 12.3. The van der Waals surface area contributed by atoms with Crippen LogP contribution in [0, 0.1) is 13.8 Å². The Morgan fingerprint density at radius 3 is 2.57 bits per heavy atom. The lowest BCUT2D eigenvalue weighted by atomic mass is 9.98. The highest BCUT2D eigenvalue weighted by Gasteiger charge is 2.38. The first-order valence-electron chi connectivity index (χ1n) is 8.50. The number of H-pyrrole nitrogens is 1. The van der Waals surface area contributed by atoms with E-state index in [4.69, 9.17) is 0 Å². The molecule has 2 bridgehead atoms. The number of aromatic nitrogens is 2. The Kier molecular flexibility index (Phi) is 3.57.